The Balaban J connectivity index is 2.42. The van der Waals surface area contributed by atoms with Gasteiger partial charge in [-0.3, -0.25) is 4.79 Å². The van der Waals surface area contributed by atoms with Crippen molar-refractivity contribution in [1.29, 1.82) is 0 Å². The van der Waals surface area contributed by atoms with Gasteiger partial charge >= 0.3 is 0 Å². The van der Waals surface area contributed by atoms with Crippen LogP contribution in [0, 0.1) is 0 Å². The minimum absolute atomic E-state index is 0.00753. The SMILES string of the molecule is COC[C@H](C)NC(=O)Cc1ccc(Cl)cc1. The molecule has 3 nitrogen and oxygen atoms in total. The van der Waals surface area contributed by atoms with E-state index in [0.29, 0.717) is 18.1 Å². The minimum atomic E-state index is -0.00753. The number of amides is 1. The van der Waals surface area contributed by atoms with Crippen molar-refractivity contribution in [2.75, 3.05) is 13.7 Å². The number of carbonyl (C=O) groups is 1. The molecule has 0 saturated heterocycles. The molecule has 0 radical (unpaired) electrons. The van der Waals surface area contributed by atoms with Gasteiger partial charge in [0, 0.05) is 18.2 Å². The highest BCUT2D eigenvalue weighted by Crippen LogP contribution is 2.09. The number of nitrogens with one attached hydrogen (secondary N) is 1. The summed E-state index contributed by atoms with van der Waals surface area (Å²) in [7, 11) is 1.61. The number of carbonyl (C=O) groups excluding carboxylic acids is 1. The third-order valence-corrected chi connectivity index (χ3v) is 2.35. The summed E-state index contributed by atoms with van der Waals surface area (Å²) in [5.41, 5.74) is 0.950. The largest absolute Gasteiger partial charge is 0.383 e. The van der Waals surface area contributed by atoms with Crippen LogP contribution in [-0.4, -0.2) is 25.7 Å². The van der Waals surface area contributed by atoms with Gasteiger partial charge in [-0.25, -0.2) is 0 Å². The molecular weight excluding hydrogens is 226 g/mol. The first kappa shape index (κ1) is 13.0. The van der Waals surface area contributed by atoms with Crippen molar-refractivity contribution in [2.45, 2.75) is 19.4 Å². The molecule has 0 aliphatic heterocycles. The van der Waals surface area contributed by atoms with Crippen LogP contribution in [0.25, 0.3) is 0 Å². The van der Waals surface area contributed by atoms with E-state index in [1.807, 2.05) is 19.1 Å². The summed E-state index contributed by atoms with van der Waals surface area (Å²) in [5, 5.41) is 3.52. The lowest BCUT2D eigenvalue weighted by atomic mass is 10.1. The van der Waals surface area contributed by atoms with E-state index in [1.165, 1.54) is 0 Å². The quantitative estimate of drug-likeness (QED) is 0.857. The van der Waals surface area contributed by atoms with Crippen LogP contribution in [0.1, 0.15) is 12.5 Å². The lowest BCUT2D eigenvalue weighted by molar-refractivity contribution is -0.121. The Labute approximate surface area is 101 Å². The molecule has 0 fully saturated rings. The molecule has 0 aromatic heterocycles. The van der Waals surface area contributed by atoms with Gasteiger partial charge in [-0.2, -0.15) is 0 Å². The molecule has 0 unspecified atom stereocenters. The lowest BCUT2D eigenvalue weighted by Gasteiger charge is -2.12. The van der Waals surface area contributed by atoms with Gasteiger partial charge in [0.1, 0.15) is 0 Å². The number of ether oxygens (including phenoxy) is 1. The monoisotopic (exact) mass is 241 g/mol. The van der Waals surface area contributed by atoms with E-state index < -0.39 is 0 Å². The van der Waals surface area contributed by atoms with Crippen LogP contribution in [0.3, 0.4) is 0 Å². The fraction of sp³-hybridized carbons (Fsp3) is 0.417. The summed E-state index contributed by atoms with van der Waals surface area (Å²) < 4.78 is 4.94. The van der Waals surface area contributed by atoms with Crippen molar-refractivity contribution in [3.05, 3.63) is 34.9 Å². The van der Waals surface area contributed by atoms with E-state index in [-0.39, 0.29) is 11.9 Å². The van der Waals surface area contributed by atoms with Gasteiger partial charge in [0.25, 0.3) is 0 Å². The molecule has 0 saturated carbocycles. The highest BCUT2D eigenvalue weighted by atomic mass is 35.5. The number of rotatable bonds is 5. The van der Waals surface area contributed by atoms with Gasteiger partial charge in [-0.1, -0.05) is 23.7 Å². The number of halogens is 1. The van der Waals surface area contributed by atoms with E-state index >= 15 is 0 Å². The molecule has 88 valence electrons. The van der Waals surface area contributed by atoms with Gasteiger partial charge in [0.05, 0.1) is 13.0 Å². The maximum atomic E-state index is 11.6. The second-order valence-corrected chi connectivity index (χ2v) is 4.16. The lowest BCUT2D eigenvalue weighted by Crippen LogP contribution is -2.36. The molecule has 0 heterocycles. The van der Waals surface area contributed by atoms with Crippen molar-refractivity contribution in [2.24, 2.45) is 0 Å². The smallest absolute Gasteiger partial charge is 0.224 e. The van der Waals surface area contributed by atoms with Crippen molar-refractivity contribution >= 4 is 17.5 Å². The maximum Gasteiger partial charge on any atom is 0.224 e. The van der Waals surface area contributed by atoms with E-state index in [1.54, 1.807) is 19.2 Å². The van der Waals surface area contributed by atoms with E-state index in [0.717, 1.165) is 5.56 Å². The maximum absolute atomic E-state index is 11.6. The third kappa shape index (κ3) is 4.64. The Morgan fingerprint density at radius 1 is 1.44 bits per heavy atom. The van der Waals surface area contributed by atoms with Gasteiger partial charge in [0.15, 0.2) is 0 Å². The average molecular weight is 242 g/mol. The molecule has 0 bridgehead atoms. The summed E-state index contributed by atoms with van der Waals surface area (Å²) in [6.07, 6.45) is 0.366. The fourth-order valence-corrected chi connectivity index (χ4v) is 1.53. The van der Waals surface area contributed by atoms with Crippen LogP contribution in [-0.2, 0) is 16.0 Å². The molecule has 1 atom stereocenters. The standard InChI is InChI=1S/C12H16ClNO2/c1-9(8-16-2)14-12(15)7-10-3-5-11(13)6-4-10/h3-6,9H,7-8H2,1-2H3,(H,14,15)/t9-/m0/s1. The number of hydrogen-bond donors (Lipinski definition) is 1. The summed E-state index contributed by atoms with van der Waals surface area (Å²) in [6.45, 7) is 2.43. The van der Waals surface area contributed by atoms with Crippen molar-refractivity contribution < 1.29 is 9.53 Å². The highest BCUT2D eigenvalue weighted by Gasteiger charge is 2.07. The van der Waals surface area contributed by atoms with Crippen LogP contribution < -0.4 is 5.32 Å². The third-order valence-electron chi connectivity index (χ3n) is 2.10. The van der Waals surface area contributed by atoms with Gasteiger partial charge in [0.2, 0.25) is 5.91 Å². The van der Waals surface area contributed by atoms with Crippen LogP contribution in [0.15, 0.2) is 24.3 Å². The number of hydrogen-bond acceptors (Lipinski definition) is 2. The molecule has 0 spiro atoms. The zero-order chi connectivity index (χ0) is 12.0. The molecule has 1 aromatic rings. The van der Waals surface area contributed by atoms with Crippen LogP contribution in [0.2, 0.25) is 5.02 Å². The Morgan fingerprint density at radius 2 is 2.06 bits per heavy atom. The zero-order valence-corrected chi connectivity index (χ0v) is 10.3. The normalized spacial score (nSPS) is 12.2. The van der Waals surface area contributed by atoms with Crippen molar-refractivity contribution in [3.8, 4) is 0 Å². The Hall–Kier alpha value is -1.06. The summed E-state index contributed by atoms with van der Waals surface area (Å²) in [6, 6.07) is 7.29. The van der Waals surface area contributed by atoms with Crippen LogP contribution in [0.5, 0.6) is 0 Å². The van der Waals surface area contributed by atoms with Gasteiger partial charge < -0.3 is 10.1 Å². The first-order valence-electron chi connectivity index (χ1n) is 5.14. The minimum Gasteiger partial charge on any atom is -0.383 e. The molecular formula is C12H16ClNO2. The number of benzene rings is 1. The molecule has 1 rings (SSSR count). The first-order chi connectivity index (χ1) is 7.61. The van der Waals surface area contributed by atoms with Gasteiger partial charge in [-0.05, 0) is 24.6 Å². The molecule has 4 heteroatoms. The van der Waals surface area contributed by atoms with E-state index in [2.05, 4.69) is 5.32 Å². The number of methoxy groups -OCH3 is 1. The second-order valence-electron chi connectivity index (χ2n) is 3.73. The summed E-state index contributed by atoms with van der Waals surface area (Å²) in [4.78, 5) is 11.6. The first-order valence-corrected chi connectivity index (χ1v) is 5.52. The van der Waals surface area contributed by atoms with E-state index in [4.69, 9.17) is 16.3 Å². The summed E-state index contributed by atoms with van der Waals surface area (Å²) >= 11 is 5.76. The van der Waals surface area contributed by atoms with Crippen LogP contribution >= 0.6 is 11.6 Å². The Kier molecular flexibility index (Phi) is 5.29. The molecule has 1 aromatic carbocycles. The molecule has 0 aliphatic rings. The highest BCUT2D eigenvalue weighted by molar-refractivity contribution is 6.30. The Morgan fingerprint density at radius 3 is 2.62 bits per heavy atom. The predicted molar refractivity (Wildman–Crippen MR) is 64.6 cm³/mol. The Bertz CT molecular complexity index is 337. The van der Waals surface area contributed by atoms with E-state index in [9.17, 15) is 4.79 Å². The summed E-state index contributed by atoms with van der Waals surface area (Å²) in [5.74, 6) is -0.00753. The second kappa shape index (κ2) is 6.51. The van der Waals surface area contributed by atoms with Gasteiger partial charge in [-0.15, -0.1) is 0 Å². The zero-order valence-electron chi connectivity index (χ0n) is 9.50. The van der Waals surface area contributed by atoms with Crippen molar-refractivity contribution in [3.63, 3.8) is 0 Å². The average Bonchev–Trinajstić information content (AvgIpc) is 2.21. The molecule has 16 heavy (non-hydrogen) atoms. The molecule has 1 N–H and O–H groups in total. The van der Waals surface area contributed by atoms with Crippen molar-refractivity contribution in [1.82, 2.24) is 5.32 Å². The predicted octanol–water partition coefficient (Wildman–Crippen LogP) is 2.03. The van der Waals surface area contributed by atoms with Crippen LogP contribution in [0.4, 0.5) is 0 Å². The molecule has 1 amide bonds. The molecule has 0 aliphatic carbocycles. The topological polar surface area (TPSA) is 38.3 Å². The fourth-order valence-electron chi connectivity index (χ4n) is 1.41.